The van der Waals surface area contributed by atoms with Gasteiger partial charge in [-0.05, 0) is 36.6 Å². The molecular weight excluding hydrogens is 300 g/mol. The quantitative estimate of drug-likeness (QED) is 0.637. The van der Waals surface area contributed by atoms with Crippen molar-refractivity contribution in [3.8, 4) is 0 Å². The largest absolute Gasteiger partial charge is 0.465 e. The van der Waals surface area contributed by atoms with Gasteiger partial charge in [0.2, 0.25) is 0 Å². The third-order valence-corrected chi connectivity index (χ3v) is 4.13. The number of benzene rings is 2. The number of ether oxygens (including phenoxy) is 1. The minimum Gasteiger partial charge on any atom is -0.465 e. The maximum atomic E-state index is 12.4. The first-order valence-electron chi connectivity index (χ1n) is 7.74. The maximum absolute atomic E-state index is 12.4. The van der Waals surface area contributed by atoms with Crippen molar-refractivity contribution < 1.29 is 14.3 Å². The molecule has 0 fully saturated rings. The van der Waals surface area contributed by atoms with Crippen molar-refractivity contribution in [2.24, 2.45) is 0 Å². The summed E-state index contributed by atoms with van der Waals surface area (Å²) in [6.45, 7) is 4.00. The van der Waals surface area contributed by atoms with Crippen molar-refractivity contribution in [3.63, 3.8) is 0 Å². The Kier molecular flexibility index (Phi) is 4.17. The molecule has 3 rings (SSSR count). The van der Waals surface area contributed by atoms with Crippen LogP contribution in [-0.2, 0) is 14.3 Å². The number of methoxy groups -OCH3 is 1. The molecule has 24 heavy (non-hydrogen) atoms. The van der Waals surface area contributed by atoms with Crippen LogP contribution in [0.15, 0.2) is 60.2 Å². The summed E-state index contributed by atoms with van der Waals surface area (Å²) in [7, 11) is 1.29. The molecule has 0 amide bonds. The lowest BCUT2D eigenvalue weighted by atomic mass is 9.92. The third kappa shape index (κ3) is 2.81. The topological polar surface area (TPSA) is 43.4 Å². The predicted molar refractivity (Wildman–Crippen MR) is 94.3 cm³/mol. The van der Waals surface area contributed by atoms with Crippen LogP contribution in [0, 0.1) is 13.8 Å². The Morgan fingerprint density at radius 3 is 1.83 bits per heavy atom. The number of carbonyl (C=O) groups is 2. The van der Waals surface area contributed by atoms with Gasteiger partial charge in [0.05, 0.1) is 7.11 Å². The molecule has 0 bridgehead atoms. The Bertz CT molecular complexity index is 866. The Hall–Kier alpha value is -2.94. The van der Waals surface area contributed by atoms with Gasteiger partial charge in [0.25, 0.3) is 0 Å². The van der Waals surface area contributed by atoms with E-state index in [1.54, 1.807) is 0 Å². The second kappa shape index (κ2) is 6.28. The van der Waals surface area contributed by atoms with Crippen LogP contribution >= 0.6 is 0 Å². The van der Waals surface area contributed by atoms with Crippen molar-refractivity contribution in [3.05, 3.63) is 82.4 Å². The first kappa shape index (κ1) is 15.9. The summed E-state index contributed by atoms with van der Waals surface area (Å²) in [6, 6.07) is 15.7. The molecule has 0 unspecified atom stereocenters. The highest BCUT2D eigenvalue weighted by Gasteiger charge is 2.32. The monoisotopic (exact) mass is 318 g/mol. The van der Waals surface area contributed by atoms with Crippen molar-refractivity contribution in [1.29, 1.82) is 0 Å². The number of ketones is 1. The summed E-state index contributed by atoms with van der Waals surface area (Å²) in [4.78, 5) is 24.6. The molecule has 0 aliphatic heterocycles. The van der Waals surface area contributed by atoms with Crippen LogP contribution < -0.4 is 0 Å². The van der Waals surface area contributed by atoms with Gasteiger partial charge in [0.15, 0.2) is 5.78 Å². The van der Waals surface area contributed by atoms with Crippen molar-refractivity contribution in [2.75, 3.05) is 7.11 Å². The molecule has 0 atom stereocenters. The number of aryl methyl sites for hydroxylation is 2. The Balaban J connectivity index is 2.21. The molecule has 1 aliphatic rings. The molecule has 2 aromatic carbocycles. The number of allylic oxidation sites excluding steroid dienone is 3. The summed E-state index contributed by atoms with van der Waals surface area (Å²) in [5, 5.41) is 0. The predicted octanol–water partition coefficient (Wildman–Crippen LogP) is 3.90. The summed E-state index contributed by atoms with van der Waals surface area (Å²) in [6.07, 6.45) is 1.52. The van der Waals surface area contributed by atoms with Crippen LogP contribution in [0.5, 0.6) is 0 Å². The average Bonchev–Trinajstić information content (AvgIpc) is 2.93. The lowest BCUT2D eigenvalue weighted by Gasteiger charge is -2.12. The average molecular weight is 318 g/mol. The van der Waals surface area contributed by atoms with Gasteiger partial charge >= 0.3 is 5.97 Å². The Morgan fingerprint density at radius 1 is 0.833 bits per heavy atom. The zero-order valence-corrected chi connectivity index (χ0v) is 13.9. The first-order valence-corrected chi connectivity index (χ1v) is 7.74. The van der Waals surface area contributed by atoms with Crippen molar-refractivity contribution in [1.82, 2.24) is 0 Å². The molecule has 3 heteroatoms. The van der Waals surface area contributed by atoms with E-state index in [0.717, 1.165) is 27.8 Å². The number of hydrogen-bond donors (Lipinski definition) is 0. The van der Waals surface area contributed by atoms with Gasteiger partial charge in [-0.1, -0.05) is 59.7 Å². The smallest absolute Gasteiger partial charge is 0.342 e. The van der Waals surface area contributed by atoms with E-state index in [1.165, 1.54) is 13.2 Å². The van der Waals surface area contributed by atoms with Gasteiger partial charge < -0.3 is 4.74 Å². The molecule has 3 nitrogen and oxygen atoms in total. The van der Waals surface area contributed by atoms with E-state index in [4.69, 9.17) is 4.74 Å². The fourth-order valence-electron chi connectivity index (χ4n) is 2.82. The molecule has 2 aromatic rings. The molecule has 0 radical (unpaired) electrons. The van der Waals surface area contributed by atoms with Crippen LogP contribution in [0.3, 0.4) is 0 Å². The van der Waals surface area contributed by atoms with Gasteiger partial charge in [0.1, 0.15) is 5.57 Å². The molecule has 0 N–H and O–H groups in total. The lowest BCUT2D eigenvalue weighted by Crippen LogP contribution is -2.11. The number of esters is 1. The number of rotatable bonds is 3. The van der Waals surface area contributed by atoms with E-state index in [1.807, 2.05) is 62.4 Å². The number of hydrogen-bond acceptors (Lipinski definition) is 3. The Morgan fingerprint density at radius 2 is 1.33 bits per heavy atom. The normalized spacial score (nSPS) is 14.0. The molecule has 1 aliphatic carbocycles. The van der Waals surface area contributed by atoms with Gasteiger partial charge in [-0.2, -0.15) is 0 Å². The van der Waals surface area contributed by atoms with Gasteiger partial charge in [-0.3, -0.25) is 4.79 Å². The number of carbonyl (C=O) groups excluding carboxylic acids is 2. The molecule has 0 spiro atoms. The van der Waals surface area contributed by atoms with Crippen LogP contribution in [-0.4, -0.2) is 18.9 Å². The molecule has 0 saturated heterocycles. The molecule has 120 valence electrons. The van der Waals surface area contributed by atoms with E-state index < -0.39 is 5.97 Å². The molecule has 0 aromatic heterocycles. The van der Waals surface area contributed by atoms with Crippen molar-refractivity contribution >= 4 is 22.9 Å². The summed E-state index contributed by atoms with van der Waals surface area (Å²) >= 11 is 0. The second-order valence-corrected chi connectivity index (χ2v) is 5.90. The van der Waals surface area contributed by atoms with Gasteiger partial charge in [0, 0.05) is 5.57 Å². The molecule has 0 heterocycles. The van der Waals surface area contributed by atoms with Crippen LogP contribution in [0.1, 0.15) is 22.3 Å². The minimum atomic E-state index is -0.603. The summed E-state index contributed by atoms with van der Waals surface area (Å²) in [5.74, 6) is -0.915. The van der Waals surface area contributed by atoms with Gasteiger partial charge in [-0.15, -0.1) is 0 Å². The van der Waals surface area contributed by atoms with Crippen LogP contribution in [0.25, 0.3) is 11.1 Å². The summed E-state index contributed by atoms with van der Waals surface area (Å²) in [5.41, 5.74) is 5.47. The van der Waals surface area contributed by atoms with E-state index in [2.05, 4.69) is 0 Å². The fourth-order valence-corrected chi connectivity index (χ4v) is 2.82. The van der Waals surface area contributed by atoms with Crippen LogP contribution in [0.4, 0.5) is 0 Å². The van der Waals surface area contributed by atoms with E-state index in [9.17, 15) is 9.59 Å². The zero-order chi connectivity index (χ0) is 17.3. The third-order valence-electron chi connectivity index (χ3n) is 4.13. The van der Waals surface area contributed by atoms with Gasteiger partial charge in [-0.25, -0.2) is 4.79 Å². The summed E-state index contributed by atoms with van der Waals surface area (Å²) < 4.78 is 4.83. The highest BCUT2D eigenvalue weighted by Crippen LogP contribution is 2.39. The van der Waals surface area contributed by atoms with E-state index >= 15 is 0 Å². The molecular formula is C21H18O3. The van der Waals surface area contributed by atoms with E-state index in [-0.39, 0.29) is 11.4 Å². The standard InChI is InChI=1S/C21H18O3/c1-13-4-8-15(9-5-13)17-12-18(22)20(21(23)24-3)19(17)16-10-6-14(2)7-11-16/h4-12H,1-3H3. The highest BCUT2D eigenvalue weighted by molar-refractivity contribution is 6.38. The van der Waals surface area contributed by atoms with Crippen molar-refractivity contribution in [2.45, 2.75) is 13.8 Å². The Labute approximate surface area is 141 Å². The second-order valence-electron chi connectivity index (χ2n) is 5.90. The zero-order valence-electron chi connectivity index (χ0n) is 13.9. The minimum absolute atomic E-state index is 0.0944. The lowest BCUT2D eigenvalue weighted by molar-refractivity contribution is -0.137. The van der Waals surface area contributed by atoms with E-state index in [0.29, 0.717) is 5.57 Å². The fraction of sp³-hybridized carbons (Fsp3) is 0.143. The maximum Gasteiger partial charge on any atom is 0.342 e. The first-order chi connectivity index (χ1) is 11.5. The van der Waals surface area contributed by atoms with Crippen LogP contribution in [0.2, 0.25) is 0 Å². The highest BCUT2D eigenvalue weighted by atomic mass is 16.5. The molecule has 0 saturated carbocycles. The SMILES string of the molecule is COC(=O)C1=C(c2ccc(C)cc2)C(c2ccc(C)cc2)=CC1=O.